The highest BCUT2D eigenvalue weighted by Gasteiger charge is 2.35. The van der Waals surface area contributed by atoms with E-state index in [9.17, 15) is 9.90 Å². The third-order valence-electron chi connectivity index (χ3n) is 3.97. The van der Waals surface area contributed by atoms with Gasteiger partial charge in [0, 0.05) is 6.54 Å². The summed E-state index contributed by atoms with van der Waals surface area (Å²) in [4.78, 5) is 12.4. The molecule has 0 spiro atoms. The average Bonchev–Trinajstić information content (AvgIpc) is 3.05. The van der Waals surface area contributed by atoms with Gasteiger partial charge in [-0.2, -0.15) is 5.10 Å². The van der Waals surface area contributed by atoms with Crippen molar-refractivity contribution in [1.82, 2.24) is 15.1 Å². The minimum absolute atomic E-state index is 0.0135. The van der Waals surface area contributed by atoms with Crippen LogP contribution in [0.5, 0.6) is 0 Å². The number of aromatic nitrogens is 2. The Morgan fingerprint density at radius 3 is 2.68 bits per heavy atom. The molecule has 1 heterocycles. The van der Waals surface area contributed by atoms with Crippen LogP contribution in [0.25, 0.3) is 0 Å². The zero-order valence-electron chi connectivity index (χ0n) is 11.8. The topological polar surface area (TPSA) is 67.2 Å². The molecule has 1 saturated carbocycles. The van der Waals surface area contributed by atoms with Gasteiger partial charge < -0.3 is 10.4 Å². The fraction of sp³-hybridized carbons (Fsp3) is 0.714. The summed E-state index contributed by atoms with van der Waals surface area (Å²) in [6.45, 7) is 4.69. The summed E-state index contributed by atoms with van der Waals surface area (Å²) < 4.78 is 1.73. The van der Waals surface area contributed by atoms with Crippen molar-refractivity contribution in [2.24, 2.45) is 0 Å². The first-order valence-electron chi connectivity index (χ1n) is 7.14. The van der Waals surface area contributed by atoms with Crippen LogP contribution in [-0.2, 0) is 13.0 Å². The van der Waals surface area contributed by atoms with Crippen LogP contribution >= 0.6 is 0 Å². The van der Waals surface area contributed by atoms with E-state index in [0.29, 0.717) is 12.2 Å². The summed E-state index contributed by atoms with van der Waals surface area (Å²) >= 11 is 0. The first-order chi connectivity index (χ1) is 9.14. The Hall–Kier alpha value is -1.36. The summed E-state index contributed by atoms with van der Waals surface area (Å²) in [7, 11) is 0. The first kappa shape index (κ1) is 14.1. The molecule has 1 amide bonds. The van der Waals surface area contributed by atoms with Gasteiger partial charge in [0.1, 0.15) is 5.69 Å². The van der Waals surface area contributed by atoms with E-state index in [-0.39, 0.29) is 12.5 Å². The van der Waals surface area contributed by atoms with Crippen molar-refractivity contribution in [3.8, 4) is 0 Å². The lowest BCUT2D eigenvalue weighted by Gasteiger charge is -2.27. The molecule has 2 N–H and O–H groups in total. The van der Waals surface area contributed by atoms with Crippen LogP contribution in [0.3, 0.4) is 0 Å². The van der Waals surface area contributed by atoms with Crippen molar-refractivity contribution in [2.45, 2.75) is 58.0 Å². The van der Waals surface area contributed by atoms with Gasteiger partial charge in [0.15, 0.2) is 0 Å². The van der Waals surface area contributed by atoms with Crippen LogP contribution in [-0.4, -0.2) is 32.9 Å². The van der Waals surface area contributed by atoms with Gasteiger partial charge in [0.05, 0.1) is 17.8 Å². The van der Waals surface area contributed by atoms with Crippen molar-refractivity contribution in [2.75, 3.05) is 6.61 Å². The number of carbonyl (C=O) groups excluding carboxylic acids is 1. The molecule has 1 aliphatic carbocycles. The van der Waals surface area contributed by atoms with Gasteiger partial charge in [-0.25, -0.2) is 0 Å². The van der Waals surface area contributed by atoms with Crippen LogP contribution in [0.2, 0.25) is 0 Å². The molecular weight excluding hydrogens is 242 g/mol. The molecule has 1 aromatic rings. The average molecular weight is 265 g/mol. The normalized spacial score (nSPS) is 17.6. The molecule has 1 aromatic heterocycles. The van der Waals surface area contributed by atoms with E-state index in [0.717, 1.165) is 37.8 Å². The number of nitrogens with one attached hydrogen (secondary N) is 1. The zero-order valence-corrected chi connectivity index (χ0v) is 11.8. The fourth-order valence-electron chi connectivity index (χ4n) is 2.75. The predicted octanol–water partition coefficient (Wildman–Crippen LogP) is 1.50. The van der Waals surface area contributed by atoms with Crippen molar-refractivity contribution in [1.29, 1.82) is 0 Å². The molecule has 0 radical (unpaired) electrons. The molecule has 106 valence electrons. The molecule has 1 fully saturated rings. The Balaban J connectivity index is 2.17. The van der Waals surface area contributed by atoms with Crippen molar-refractivity contribution < 1.29 is 9.90 Å². The lowest BCUT2D eigenvalue weighted by molar-refractivity contribution is 0.0827. The van der Waals surface area contributed by atoms with Gasteiger partial charge in [-0.3, -0.25) is 9.48 Å². The van der Waals surface area contributed by atoms with Crippen LogP contribution in [0.4, 0.5) is 0 Å². The number of aryl methyl sites for hydroxylation is 2. The molecule has 0 saturated heterocycles. The lowest BCUT2D eigenvalue weighted by atomic mass is 9.98. The third-order valence-corrected chi connectivity index (χ3v) is 3.97. The van der Waals surface area contributed by atoms with E-state index in [1.165, 1.54) is 0 Å². The van der Waals surface area contributed by atoms with Gasteiger partial charge >= 0.3 is 0 Å². The molecule has 0 unspecified atom stereocenters. The standard InChI is InChI=1S/C14H23N3O2/c1-3-11-9-12(17(4-2)16-11)13(19)15-14(10-18)7-5-6-8-14/h9,18H,3-8,10H2,1-2H3,(H,15,19). The monoisotopic (exact) mass is 265 g/mol. The van der Waals surface area contributed by atoms with Gasteiger partial charge in [-0.15, -0.1) is 0 Å². The highest BCUT2D eigenvalue weighted by Crippen LogP contribution is 2.29. The number of carbonyl (C=O) groups is 1. The summed E-state index contributed by atoms with van der Waals surface area (Å²) in [5.74, 6) is -0.120. The predicted molar refractivity (Wildman–Crippen MR) is 73.0 cm³/mol. The molecule has 5 heteroatoms. The first-order valence-corrected chi connectivity index (χ1v) is 7.14. The quantitative estimate of drug-likeness (QED) is 0.848. The Kier molecular flexibility index (Phi) is 4.24. The Bertz CT molecular complexity index is 448. The summed E-state index contributed by atoms with van der Waals surface area (Å²) in [6, 6.07) is 1.85. The van der Waals surface area contributed by atoms with Gasteiger partial charge in [-0.05, 0) is 32.3 Å². The Morgan fingerprint density at radius 1 is 1.47 bits per heavy atom. The summed E-state index contributed by atoms with van der Waals surface area (Å²) in [5.41, 5.74) is 1.10. The van der Waals surface area contributed by atoms with E-state index in [1.807, 2.05) is 19.9 Å². The van der Waals surface area contributed by atoms with Crippen LogP contribution in [0.15, 0.2) is 6.07 Å². The van der Waals surface area contributed by atoms with E-state index >= 15 is 0 Å². The number of nitrogens with zero attached hydrogens (tertiary/aromatic N) is 2. The molecule has 0 bridgehead atoms. The summed E-state index contributed by atoms with van der Waals surface area (Å²) in [5, 5.41) is 17.0. The Morgan fingerprint density at radius 2 is 2.16 bits per heavy atom. The van der Waals surface area contributed by atoms with E-state index < -0.39 is 5.54 Å². The number of rotatable bonds is 5. The molecule has 2 rings (SSSR count). The Labute approximate surface area is 114 Å². The van der Waals surface area contributed by atoms with Gasteiger partial charge in [-0.1, -0.05) is 19.8 Å². The van der Waals surface area contributed by atoms with Crippen LogP contribution in [0, 0.1) is 0 Å². The van der Waals surface area contributed by atoms with Gasteiger partial charge in [0.25, 0.3) is 5.91 Å². The molecule has 5 nitrogen and oxygen atoms in total. The van der Waals surface area contributed by atoms with E-state index in [1.54, 1.807) is 4.68 Å². The number of aliphatic hydroxyl groups is 1. The molecule has 0 atom stereocenters. The minimum Gasteiger partial charge on any atom is -0.394 e. The maximum absolute atomic E-state index is 12.4. The van der Waals surface area contributed by atoms with Crippen molar-refractivity contribution >= 4 is 5.91 Å². The molecule has 0 aliphatic heterocycles. The number of hydrogen-bond donors (Lipinski definition) is 2. The molecule has 19 heavy (non-hydrogen) atoms. The largest absolute Gasteiger partial charge is 0.394 e. The fourth-order valence-corrected chi connectivity index (χ4v) is 2.75. The van der Waals surface area contributed by atoms with Gasteiger partial charge in [0.2, 0.25) is 0 Å². The number of amides is 1. The number of hydrogen-bond acceptors (Lipinski definition) is 3. The second kappa shape index (κ2) is 5.74. The molecular formula is C14H23N3O2. The van der Waals surface area contributed by atoms with E-state index in [2.05, 4.69) is 10.4 Å². The lowest BCUT2D eigenvalue weighted by Crippen LogP contribution is -2.49. The molecule has 1 aliphatic rings. The maximum Gasteiger partial charge on any atom is 0.270 e. The second-order valence-corrected chi connectivity index (χ2v) is 5.29. The van der Waals surface area contributed by atoms with Crippen LogP contribution < -0.4 is 5.32 Å². The highest BCUT2D eigenvalue weighted by molar-refractivity contribution is 5.93. The molecule has 0 aromatic carbocycles. The maximum atomic E-state index is 12.4. The smallest absolute Gasteiger partial charge is 0.270 e. The number of aliphatic hydroxyl groups excluding tert-OH is 1. The van der Waals surface area contributed by atoms with Crippen molar-refractivity contribution in [3.05, 3.63) is 17.5 Å². The third kappa shape index (κ3) is 2.81. The van der Waals surface area contributed by atoms with Crippen molar-refractivity contribution in [3.63, 3.8) is 0 Å². The SMILES string of the molecule is CCc1cc(C(=O)NC2(CO)CCCC2)n(CC)n1. The van der Waals surface area contributed by atoms with E-state index in [4.69, 9.17) is 0 Å². The zero-order chi connectivity index (χ0) is 13.9. The van der Waals surface area contributed by atoms with Crippen LogP contribution in [0.1, 0.15) is 55.7 Å². The highest BCUT2D eigenvalue weighted by atomic mass is 16.3. The second-order valence-electron chi connectivity index (χ2n) is 5.29. The summed E-state index contributed by atoms with van der Waals surface area (Å²) in [6.07, 6.45) is 4.66. The minimum atomic E-state index is -0.424.